The molecule has 0 fully saturated rings. The van der Waals surface area contributed by atoms with Gasteiger partial charge < -0.3 is 10.1 Å². The molecule has 0 saturated heterocycles. The molecule has 2 aromatic rings. The lowest BCUT2D eigenvalue weighted by molar-refractivity contribution is 0.181. The minimum atomic E-state index is 0.389. The second kappa shape index (κ2) is 15.7. The fraction of sp³-hybridized carbons (Fsp3) is 0.414. The zero-order valence-corrected chi connectivity index (χ0v) is 22.3. The molecule has 0 aliphatic rings. The SMILES string of the molecule is C=C/C(=C\c1c(COC)ncnc1NC/C(=C/C(C)=C\C)C(C)CC)c1ccc(C)cn1.CC. The van der Waals surface area contributed by atoms with E-state index in [0.29, 0.717) is 19.1 Å². The number of hydrogen-bond donors (Lipinski definition) is 1. The van der Waals surface area contributed by atoms with Crippen LogP contribution in [0.4, 0.5) is 5.82 Å². The Kier molecular flexibility index (Phi) is 13.4. The van der Waals surface area contributed by atoms with Crippen LogP contribution in [0.2, 0.25) is 0 Å². The maximum atomic E-state index is 5.40. The summed E-state index contributed by atoms with van der Waals surface area (Å²) in [6, 6.07) is 4.04. The van der Waals surface area contributed by atoms with Gasteiger partial charge in [0.15, 0.2) is 0 Å². The van der Waals surface area contributed by atoms with Crippen molar-refractivity contribution < 1.29 is 4.74 Å². The Morgan fingerprint density at radius 1 is 1.21 bits per heavy atom. The summed E-state index contributed by atoms with van der Waals surface area (Å²) in [5.41, 5.74) is 7.17. The van der Waals surface area contributed by atoms with Gasteiger partial charge in [-0.3, -0.25) is 4.98 Å². The van der Waals surface area contributed by atoms with Crippen LogP contribution < -0.4 is 5.32 Å². The van der Waals surface area contributed by atoms with Gasteiger partial charge in [-0.2, -0.15) is 0 Å². The Hall–Kier alpha value is -3.05. The zero-order valence-electron chi connectivity index (χ0n) is 22.3. The number of pyridine rings is 1. The van der Waals surface area contributed by atoms with E-state index in [1.165, 1.54) is 11.1 Å². The normalized spacial score (nSPS) is 13.1. The fourth-order valence-corrected chi connectivity index (χ4v) is 3.20. The van der Waals surface area contributed by atoms with Gasteiger partial charge in [0, 0.05) is 31.0 Å². The van der Waals surface area contributed by atoms with Crippen molar-refractivity contribution in [2.24, 2.45) is 5.92 Å². The molecule has 0 radical (unpaired) electrons. The molecule has 0 aliphatic carbocycles. The molecule has 0 spiro atoms. The van der Waals surface area contributed by atoms with Crippen molar-refractivity contribution in [3.63, 3.8) is 0 Å². The second-order valence-electron chi connectivity index (χ2n) is 7.96. The fourth-order valence-electron chi connectivity index (χ4n) is 3.20. The molecular weight excluding hydrogens is 420 g/mol. The Labute approximate surface area is 206 Å². The molecule has 0 aliphatic heterocycles. The highest BCUT2D eigenvalue weighted by Gasteiger charge is 2.13. The molecule has 5 nitrogen and oxygen atoms in total. The van der Waals surface area contributed by atoms with Gasteiger partial charge in [0.05, 0.1) is 18.0 Å². The van der Waals surface area contributed by atoms with Crippen molar-refractivity contribution in [2.45, 2.75) is 61.5 Å². The summed E-state index contributed by atoms with van der Waals surface area (Å²) >= 11 is 0. The number of ether oxygens (including phenoxy) is 1. The van der Waals surface area contributed by atoms with E-state index >= 15 is 0 Å². The van der Waals surface area contributed by atoms with Crippen LogP contribution in [-0.2, 0) is 11.3 Å². The van der Waals surface area contributed by atoms with Gasteiger partial charge in [0.2, 0.25) is 0 Å². The quantitative estimate of drug-likeness (QED) is 0.352. The van der Waals surface area contributed by atoms with Crippen molar-refractivity contribution in [1.29, 1.82) is 0 Å². The van der Waals surface area contributed by atoms with Crippen molar-refractivity contribution >= 4 is 17.5 Å². The van der Waals surface area contributed by atoms with Crippen LogP contribution in [0.5, 0.6) is 0 Å². The van der Waals surface area contributed by atoms with Gasteiger partial charge in [-0.05, 0) is 56.4 Å². The third-order valence-corrected chi connectivity index (χ3v) is 5.55. The summed E-state index contributed by atoms with van der Waals surface area (Å²) < 4.78 is 5.40. The van der Waals surface area contributed by atoms with Gasteiger partial charge >= 0.3 is 0 Å². The van der Waals surface area contributed by atoms with Gasteiger partial charge in [-0.25, -0.2) is 9.97 Å². The van der Waals surface area contributed by atoms with Crippen LogP contribution in [0.1, 0.15) is 70.5 Å². The van der Waals surface area contributed by atoms with Crippen LogP contribution in [-0.4, -0.2) is 28.6 Å². The second-order valence-corrected chi connectivity index (χ2v) is 7.96. The first kappa shape index (κ1) is 29.0. The predicted molar refractivity (Wildman–Crippen MR) is 147 cm³/mol. The van der Waals surface area contributed by atoms with Crippen LogP contribution in [0, 0.1) is 12.8 Å². The van der Waals surface area contributed by atoms with Crippen molar-refractivity contribution in [2.75, 3.05) is 19.0 Å². The van der Waals surface area contributed by atoms with Gasteiger partial charge in [0.1, 0.15) is 12.1 Å². The lowest BCUT2D eigenvalue weighted by Gasteiger charge is -2.18. The molecule has 2 aromatic heterocycles. The van der Waals surface area contributed by atoms with Crippen LogP contribution in [0.25, 0.3) is 11.6 Å². The van der Waals surface area contributed by atoms with Crippen LogP contribution in [0.15, 0.2) is 60.6 Å². The number of anilines is 1. The number of methoxy groups -OCH3 is 1. The van der Waals surface area contributed by atoms with Crippen molar-refractivity contribution in [3.8, 4) is 0 Å². The number of hydrogen-bond acceptors (Lipinski definition) is 5. The summed E-state index contributed by atoms with van der Waals surface area (Å²) in [6.07, 6.45) is 12.7. The lowest BCUT2D eigenvalue weighted by Crippen LogP contribution is -2.14. The highest BCUT2D eigenvalue weighted by Crippen LogP contribution is 2.25. The Balaban J connectivity index is 0.00000281. The number of aryl methyl sites for hydroxylation is 1. The maximum Gasteiger partial charge on any atom is 0.137 e. The number of nitrogens with zero attached hydrogens (tertiary/aromatic N) is 3. The van der Waals surface area contributed by atoms with E-state index < -0.39 is 0 Å². The van der Waals surface area contributed by atoms with Gasteiger partial charge in [0.25, 0.3) is 0 Å². The summed E-state index contributed by atoms with van der Waals surface area (Å²) in [4.78, 5) is 13.6. The van der Waals surface area contributed by atoms with E-state index in [2.05, 4.69) is 66.7 Å². The molecule has 1 N–H and O–H groups in total. The van der Waals surface area contributed by atoms with E-state index in [4.69, 9.17) is 4.74 Å². The average molecular weight is 463 g/mol. The molecule has 0 aromatic carbocycles. The standard InChI is InChI=1S/C27H36N4O.C2H6/c1-8-19(4)13-23(21(6)9-2)16-29-27-24(26(17-32-7)30-18-31-27)14-22(10-3)25-12-11-20(5)15-28-25;1-2/h8,10-15,18,21H,3,9,16-17H2,1-2,4-7H3,(H,29,30,31);1-2H3/b19-8-,22-14+,23-13-;. The van der Waals surface area contributed by atoms with Crippen LogP contribution in [0.3, 0.4) is 0 Å². The molecule has 5 heteroatoms. The van der Waals surface area contributed by atoms with Crippen molar-refractivity contribution in [1.82, 2.24) is 15.0 Å². The van der Waals surface area contributed by atoms with E-state index in [0.717, 1.165) is 40.3 Å². The first-order valence-corrected chi connectivity index (χ1v) is 12.1. The molecule has 0 amide bonds. The predicted octanol–water partition coefficient (Wildman–Crippen LogP) is 7.43. The minimum Gasteiger partial charge on any atom is -0.378 e. The number of nitrogens with one attached hydrogen (secondary N) is 1. The summed E-state index contributed by atoms with van der Waals surface area (Å²) in [7, 11) is 1.67. The Morgan fingerprint density at radius 3 is 2.50 bits per heavy atom. The van der Waals surface area contributed by atoms with Crippen molar-refractivity contribution in [3.05, 3.63) is 83.1 Å². The molecule has 0 saturated carbocycles. The van der Waals surface area contributed by atoms with E-state index in [9.17, 15) is 0 Å². The largest absolute Gasteiger partial charge is 0.378 e. The molecule has 2 rings (SSSR count). The third-order valence-electron chi connectivity index (χ3n) is 5.55. The summed E-state index contributed by atoms with van der Waals surface area (Å²) in [6.45, 7) is 19.8. The van der Waals surface area contributed by atoms with E-state index in [1.54, 1.807) is 13.4 Å². The lowest BCUT2D eigenvalue weighted by atomic mass is 9.96. The smallest absolute Gasteiger partial charge is 0.137 e. The number of allylic oxidation sites excluding steroid dienone is 5. The third kappa shape index (κ3) is 8.71. The highest BCUT2D eigenvalue weighted by molar-refractivity contribution is 5.88. The summed E-state index contributed by atoms with van der Waals surface area (Å²) in [5.74, 6) is 1.24. The van der Waals surface area contributed by atoms with Gasteiger partial charge in [-0.1, -0.05) is 64.1 Å². The summed E-state index contributed by atoms with van der Waals surface area (Å²) in [5, 5.41) is 3.55. The molecule has 2 heterocycles. The Bertz CT molecular complexity index is 988. The molecule has 1 atom stereocenters. The average Bonchev–Trinajstić information content (AvgIpc) is 2.87. The topological polar surface area (TPSA) is 59.9 Å². The minimum absolute atomic E-state index is 0.389. The molecule has 34 heavy (non-hydrogen) atoms. The first-order chi connectivity index (χ1) is 16.4. The van der Waals surface area contributed by atoms with E-state index in [1.807, 2.05) is 51.3 Å². The molecular formula is C29H42N4O. The first-order valence-electron chi connectivity index (χ1n) is 12.1. The van der Waals surface area contributed by atoms with Gasteiger partial charge in [-0.15, -0.1) is 0 Å². The molecule has 0 bridgehead atoms. The monoisotopic (exact) mass is 462 g/mol. The zero-order chi connectivity index (χ0) is 25.5. The molecule has 184 valence electrons. The molecule has 1 unspecified atom stereocenters. The highest BCUT2D eigenvalue weighted by atomic mass is 16.5. The maximum absolute atomic E-state index is 5.40. The van der Waals surface area contributed by atoms with E-state index in [-0.39, 0.29) is 0 Å². The number of aromatic nitrogens is 3. The number of rotatable bonds is 11. The van der Waals surface area contributed by atoms with Crippen LogP contribution >= 0.6 is 0 Å². The Morgan fingerprint density at radius 2 is 1.94 bits per heavy atom.